The molecule has 0 saturated heterocycles. The summed E-state index contributed by atoms with van der Waals surface area (Å²) in [5.41, 5.74) is 0. The molecule has 0 saturated carbocycles. The Morgan fingerprint density at radius 2 is 2.12 bits per heavy atom. The second kappa shape index (κ2) is 6.60. The first-order chi connectivity index (χ1) is 7.69. The summed E-state index contributed by atoms with van der Waals surface area (Å²) in [5.74, 6) is 1.53. The van der Waals surface area contributed by atoms with Crippen molar-refractivity contribution in [2.45, 2.75) is 39.7 Å². The fourth-order valence-electron chi connectivity index (χ4n) is 1.39. The number of aromatic nitrogens is 2. The first kappa shape index (κ1) is 13.1. The van der Waals surface area contributed by atoms with E-state index in [1.54, 1.807) is 0 Å². The van der Waals surface area contributed by atoms with E-state index in [0.717, 1.165) is 13.1 Å². The summed E-state index contributed by atoms with van der Waals surface area (Å²) in [6.07, 6.45) is -0.103. The number of nitrogens with one attached hydrogen (secondary N) is 1. The Morgan fingerprint density at radius 1 is 1.38 bits per heavy atom. The molecule has 0 aliphatic carbocycles. The Morgan fingerprint density at radius 3 is 2.75 bits per heavy atom. The standard InChI is InChI=1S/C11H21N3O2/c1-5-12-7-8(3)11-13-10(14-16-11)9(4)15-6-2/h8-9,12H,5-7H2,1-4H3. The minimum atomic E-state index is -0.103. The lowest BCUT2D eigenvalue weighted by Gasteiger charge is -2.06. The summed E-state index contributed by atoms with van der Waals surface area (Å²) < 4.78 is 10.6. The van der Waals surface area contributed by atoms with E-state index in [2.05, 4.69) is 29.3 Å². The van der Waals surface area contributed by atoms with Crippen LogP contribution in [0.25, 0.3) is 0 Å². The lowest BCUT2D eigenvalue weighted by Crippen LogP contribution is -2.19. The van der Waals surface area contributed by atoms with Crippen LogP contribution in [-0.4, -0.2) is 29.8 Å². The lowest BCUT2D eigenvalue weighted by atomic mass is 10.2. The van der Waals surface area contributed by atoms with E-state index >= 15 is 0 Å². The fraction of sp³-hybridized carbons (Fsp3) is 0.818. The smallest absolute Gasteiger partial charge is 0.230 e. The Hall–Kier alpha value is -0.940. The van der Waals surface area contributed by atoms with E-state index < -0.39 is 0 Å². The van der Waals surface area contributed by atoms with Crippen molar-refractivity contribution in [3.8, 4) is 0 Å². The molecule has 0 amide bonds. The van der Waals surface area contributed by atoms with Crippen molar-refractivity contribution in [3.63, 3.8) is 0 Å². The van der Waals surface area contributed by atoms with Gasteiger partial charge in [-0.2, -0.15) is 4.98 Å². The third-order valence-corrected chi connectivity index (χ3v) is 2.36. The van der Waals surface area contributed by atoms with Gasteiger partial charge in [0, 0.05) is 19.1 Å². The van der Waals surface area contributed by atoms with Crippen LogP contribution in [-0.2, 0) is 4.74 Å². The van der Waals surface area contributed by atoms with Crippen molar-refractivity contribution in [1.29, 1.82) is 0 Å². The molecule has 1 rings (SSSR count). The van der Waals surface area contributed by atoms with Crippen molar-refractivity contribution in [2.75, 3.05) is 19.7 Å². The van der Waals surface area contributed by atoms with Gasteiger partial charge in [0.15, 0.2) is 5.82 Å². The number of hydrogen-bond donors (Lipinski definition) is 1. The molecule has 1 aromatic heterocycles. The summed E-state index contributed by atoms with van der Waals surface area (Å²) in [5, 5.41) is 7.18. The van der Waals surface area contributed by atoms with Crippen LogP contribution in [0.3, 0.4) is 0 Å². The average Bonchev–Trinajstić information content (AvgIpc) is 2.75. The maximum atomic E-state index is 5.40. The molecule has 0 bridgehead atoms. The molecule has 2 atom stereocenters. The molecule has 5 heteroatoms. The molecule has 0 aliphatic rings. The molecule has 0 radical (unpaired) electrons. The fourth-order valence-corrected chi connectivity index (χ4v) is 1.39. The monoisotopic (exact) mass is 227 g/mol. The van der Waals surface area contributed by atoms with E-state index in [9.17, 15) is 0 Å². The van der Waals surface area contributed by atoms with Crippen LogP contribution in [0.2, 0.25) is 0 Å². The zero-order chi connectivity index (χ0) is 12.0. The van der Waals surface area contributed by atoms with Gasteiger partial charge in [0.1, 0.15) is 6.10 Å². The minimum Gasteiger partial charge on any atom is -0.371 e. The van der Waals surface area contributed by atoms with Gasteiger partial charge in [-0.1, -0.05) is 19.0 Å². The SMILES string of the molecule is CCNCC(C)c1nc(C(C)OCC)no1. The van der Waals surface area contributed by atoms with Crippen LogP contribution in [0.4, 0.5) is 0 Å². The third-order valence-electron chi connectivity index (χ3n) is 2.36. The van der Waals surface area contributed by atoms with E-state index in [0.29, 0.717) is 18.3 Å². The van der Waals surface area contributed by atoms with Gasteiger partial charge >= 0.3 is 0 Å². The summed E-state index contributed by atoms with van der Waals surface area (Å²) in [7, 11) is 0. The largest absolute Gasteiger partial charge is 0.371 e. The molecule has 5 nitrogen and oxygen atoms in total. The van der Waals surface area contributed by atoms with Crippen LogP contribution in [0.1, 0.15) is 51.4 Å². The van der Waals surface area contributed by atoms with Gasteiger partial charge in [0.25, 0.3) is 0 Å². The molecule has 0 fully saturated rings. The highest BCUT2D eigenvalue weighted by Crippen LogP contribution is 2.17. The summed E-state index contributed by atoms with van der Waals surface area (Å²) in [6, 6.07) is 0. The highest BCUT2D eigenvalue weighted by Gasteiger charge is 2.17. The maximum Gasteiger partial charge on any atom is 0.230 e. The van der Waals surface area contributed by atoms with E-state index in [1.165, 1.54) is 0 Å². The lowest BCUT2D eigenvalue weighted by molar-refractivity contribution is 0.0683. The molecule has 1 N–H and O–H groups in total. The Kier molecular flexibility index (Phi) is 5.42. The van der Waals surface area contributed by atoms with Crippen LogP contribution in [0, 0.1) is 0 Å². The molecule has 92 valence electrons. The highest BCUT2D eigenvalue weighted by molar-refractivity contribution is 4.95. The van der Waals surface area contributed by atoms with Crippen LogP contribution < -0.4 is 5.32 Å². The Labute approximate surface area is 96.6 Å². The van der Waals surface area contributed by atoms with Crippen molar-refractivity contribution in [1.82, 2.24) is 15.5 Å². The highest BCUT2D eigenvalue weighted by atomic mass is 16.5. The molecule has 0 aromatic carbocycles. The topological polar surface area (TPSA) is 60.2 Å². The van der Waals surface area contributed by atoms with Gasteiger partial charge in [-0.3, -0.25) is 0 Å². The predicted octanol–water partition coefficient (Wildman–Crippen LogP) is 1.88. The predicted molar refractivity (Wildman–Crippen MR) is 61.3 cm³/mol. The maximum absolute atomic E-state index is 5.40. The number of likely N-dealkylation sites (N-methyl/N-ethyl adjacent to an activating group) is 1. The van der Waals surface area contributed by atoms with Gasteiger partial charge < -0.3 is 14.6 Å². The van der Waals surface area contributed by atoms with Gasteiger partial charge in [-0.15, -0.1) is 0 Å². The van der Waals surface area contributed by atoms with Gasteiger partial charge in [0.2, 0.25) is 5.89 Å². The average molecular weight is 227 g/mol. The Balaban J connectivity index is 2.56. The number of hydrogen-bond acceptors (Lipinski definition) is 5. The molecule has 1 aromatic rings. The number of ether oxygens (including phenoxy) is 1. The number of nitrogens with zero attached hydrogens (tertiary/aromatic N) is 2. The molecule has 16 heavy (non-hydrogen) atoms. The van der Waals surface area contributed by atoms with Crippen LogP contribution >= 0.6 is 0 Å². The van der Waals surface area contributed by atoms with Crippen molar-refractivity contribution in [2.24, 2.45) is 0 Å². The second-order valence-electron chi connectivity index (χ2n) is 3.80. The quantitative estimate of drug-likeness (QED) is 0.770. The molecule has 1 heterocycles. The summed E-state index contributed by atoms with van der Waals surface area (Å²) in [6.45, 7) is 10.5. The molecular weight excluding hydrogens is 206 g/mol. The third kappa shape index (κ3) is 3.57. The first-order valence-corrected chi connectivity index (χ1v) is 5.84. The zero-order valence-electron chi connectivity index (χ0n) is 10.5. The molecule has 2 unspecified atom stereocenters. The second-order valence-corrected chi connectivity index (χ2v) is 3.80. The Bertz CT molecular complexity index is 301. The first-order valence-electron chi connectivity index (χ1n) is 5.84. The number of rotatable bonds is 7. The van der Waals surface area contributed by atoms with E-state index in [-0.39, 0.29) is 12.0 Å². The van der Waals surface area contributed by atoms with Gasteiger partial charge in [-0.25, -0.2) is 0 Å². The molecule has 0 spiro atoms. The van der Waals surface area contributed by atoms with Crippen molar-refractivity contribution < 1.29 is 9.26 Å². The van der Waals surface area contributed by atoms with E-state index in [1.807, 2.05) is 13.8 Å². The zero-order valence-corrected chi connectivity index (χ0v) is 10.5. The van der Waals surface area contributed by atoms with Gasteiger partial charge in [-0.05, 0) is 20.4 Å². The van der Waals surface area contributed by atoms with Gasteiger partial charge in [0.05, 0.1) is 0 Å². The van der Waals surface area contributed by atoms with Crippen molar-refractivity contribution >= 4 is 0 Å². The van der Waals surface area contributed by atoms with Crippen LogP contribution in [0.5, 0.6) is 0 Å². The minimum absolute atomic E-state index is 0.103. The summed E-state index contributed by atoms with van der Waals surface area (Å²) >= 11 is 0. The molecular formula is C11H21N3O2. The summed E-state index contributed by atoms with van der Waals surface area (Å²) in [4.78, 5) is 4.34. The van der Waals surface area contributed by atoms with Crippen molar-refractivity contribution in [3.05, 3.63) is 11.7 Å². The van der Waals surface area contributed by atoms with E-state index in [4.69, 9.17) is 9.26 Å². The molecule has 0 aliphatic heterocycles. The van der Waals surface area contributed by atoms with Crippen LogP contribution in [0.15, 0.2) is 4.52 Å². The normalized spacial score (nSPS) is 15.0.